The van der Waals surface area contributed by atoms with Crippen LogP contribution in [0.2, 0.25) is 0 Å². The first-order valence-corrected chi connectivity index (χ1v) is 7.25. The number of rotatable bonds is 8. The van der Waals surface area contributed by atoms with Crippen molar-refractivity contribution < 1.29 is 24.2 Å². The molecule has 136 valence electrons. The molecule has 26 heavy (non-hydrogen) atoms. The Hall–Kier alpha value is -3.69. The topological polar surface area (TPSA) is 126 Å². The monoisotopic (exact) mass is 361 g/mol. The highest BCUT2D eigenvalue weighted by atomic mass is 16.6. The summed E-state index contributed by atoms with van der Waals surface area (Å²) in [6.45, 7) is -0.0285. The van der Waals surface area contributed by atoms with Crippen LogP contribution in [0, 0.1) is 20.2 Å². The molecule has 0 aromatic heterocycles. The Morgan fingerprint density at radius 3 is 2.35 bits per heavy atom. The largest absolute Gasteiger partial charge is 0.493 e. The van der Waals surface area contributed by atoms with Crippen molar-refractivity contribution in [3.63, 3.8) is 0 Å². The van der Waals surface area contributed by atoms with Crippen LogP contribution in [0.5, 0.6) is 11.5 Å². The third-order valence-electron chi connectivity index (χ3n) is 3.35. The number of nitro groups is 2. The molecule has 0 atom stereocenters. The minimum absolute atomic E-state index is 0.0285. The summed E-state index contributed by atoms with van der Waals surface area (Å²) in [5, 5.41) is 25.6. The van der Waals surface area contributed by atoms with E-state index < -0.39 is 9.85 Å². The van der Waals surface area contributed by atoms with Gasteiger partial charge in [-0.2, -0.15) is 0 Å². The quantitative estimate of drug-likeness (QED) is 0.401. The second-order valence-electron chi connectivity index (χ2n) is 4.96. The molecule has 10 heteroatoms. The lowest BCUT2D eigenvalue weighted by molar-refractivity contribution is -0.385. The zero-order valence-electron chi connectivity index (χ0n) is 13.9. The lowest BCUT2D eigenvalue weighted by Crippen LogP contribution is -1.99. The van der Waals surface area contributed by atoms with Gasteiger partial charge in [-0.05, 0) is 11.6 Å². The average molecular weight is 361 g/mol. The van der Waals surface area contributed by atoms with E-state index in [1.54, 1.807) is 6.07 Å². The Morgan fingerprint density at radius 1 is 1.04 bits per heavy atom. The molecule has 0 spiro atoms. The number of hydrogen-bond acceptors (Lipinski definition) is 8. The van der Waals surface area contributed by atoms with Gasteiger partial charge in [-0.1, -0.05) is 17.3 Å². The molecule has 0 heterocycles. The first-order valence-electron chi connectivity index (χ1n) is 7.25. The van der Waals surface area contributed by atoms with Crippen molar-refractivity contribution in [2.24, 2.45) is 5.16 Å². The molecule has 0 fully saturated rings. The van der Waals surface area contributed by atoms with Gasteiger partial charge >= 0.3 is 0 Å². The average Bonchev–Trinajstić information content (AvgIpc) is 2.64. The number of non-ortho nitro benzene ring substituents is 1. The number of nitrogens with zero attached hydrogens (tertiary/aromatic N) is 3. The van der Waals surface area contributed by atoms with Crippen molar-refractivity contribution in [2.75, 3.05) is 14.2 Å². The molecule has 2 aromatic rings. The summed E-state index contributed by atoms with van der Waals surface area (Å²) in [6.07, 6.45) is 1.16. The smallest absolute Gasteiger partial charge is 0.282 e. The maximum Gasteiger partial charge on any atom is 0.282 e. The van der Waals surface area contributed by atoms with Gasteiger partial charge in [0.05, 0.1) is 41.9 Å². The van der Waals surface area contributed by atoms with E-state index in [1.807, 2.05) is 0 Å². The summed E-state index contributed by atoms with van der Waals surface area (Å²) < 4.78 is 10.1. The van der Waals surface area contributed by atoms with Crippen LogP contribution in [0.25, 0.3) is 0 Å². The van der Waals surface area contributed by atoms with Crippen molar-refractivity contribution in [3.05, 3.63) is 67.8 Å². The number of nitro benzene ring substituents is 2. The van der Waals surface area contributed by atoms with E-state index in [4.69, 9.17) is 14.3 Å². The summed E-state index contributed by atoms with van der Waals surface area (Å²) in [6, 6.07) is 8.51. The van der Waals surface area contributed by atoms with Gasteiger partial charge < -0.3 is 14.3 Å². The van der Waals surface area contributed by atoms with Crippen LogP contribution in [-0.2, 0) is 11.4 Å². The van der Waals surface area contributed by atoms with Gasteiger partial charge in [-0.3, -0.25) is 20.2 Å². The molecule has 0 aliphatic carbocycles. The summed E-state index contributed by atoms with van der Waals surface area (Å²) in [5.41, 5.74) is 0.404. The molecule has 10 nitrogen and oxygen atoms in total. The van der Waals surface area contributed by atoms with Crippen molar-refractivity contribution in [2.45, 2.75) is 6.61 Å². The molecule has 0 bridgehead atoms. The van der Waals surface area contributed by atoms with Crippen molar-refractivity contribution in [1.82, 2.24) is 0 Å². The van der Waals surface area contributed by atoms with E-state index in [-0.39, 0.29) is 29.3 Å². The van der Waals surface area contributed by atoms with Crippen molar-refractivity contribution in [3.8, 4) is 11.5 Å². The van der Waals surface area contributed by atoms with Gasteiger partial charge in [-0.15, -0.1) is 0 Å². The van der Waals surface area contributed by atoms with Gasteiger partial charge in [-0.25, -0.2) is 0 Å². The van der Waals surface area contributed by atoms with Gasteiger partial charge in [0.15, 0.2) is 11.5 Å². The van der Waals surface area contributed by atoms with E-state index in [9.17, 15) is 20.2 Å². The second-order valence-corrected chi connectivity index (χ2v) is 4.96. The molecule has 0 aliphatic rings. The Labute approximate surface area is 147 Å². The normalized spacial score (nSPS) is 10.5. The highest BCUT2D eigenvalue weighted by molar-refractivity contribution is 5.86. The zero-order valence-corrected chi connectivity index (χ0v) is 13.9. The van der Waals surface area contributed by atoms with Gasteiger partial charge in [0.1, 0.15) is 6.61 Å². The Bertz CT molecular complexity index is 852. The molecule has 0 saturated carbocycles. The molecule has 2 aromatic carbocycles. The number of ether oxygens (including phenoxy) is 2. The van der Waals surface area contributed by atoms with Gasteiger partial charge in [0, 0.05) is 12.1 Å². The van der Waals surface area contributed by atoms with Crippen LogP contribution in [0.4, 0.5) is 11.4 Å². The third-order valence-corrected chi connectivity index (χ3v) is 3.35. The minimum Gasteiger partial charge on any atom is -0.493 e. The van der Waals surface area contributed by atoms with Crippen molar-refractivity contribution in [1.29, 1.82) is 0 Å². The summed E-state index contributed by atoms with van der Waals surface area (Å²) in [7, 11) is 2.78. The molecule has 2 rings (SSSR count). The third kappa shape index (κ3) is 4.44. The van der Waals surface area contributed by atoms with Crippen LogP contribution in [0.3, 0.4) is 0 Å². The van der Waals surface area contributed by atoms with E-state index in [2.05, 4.69) is 5.16 Å². The lowest BCUT2D eigenvalue weighted by Gasteiger charge is -2.08. The fourth-order valence-electron chi connectivity index (χ4n) is 2.11. The maximum atomic E-state index is 11.2. The first kappa shape index (κ1) is 18.6. The highest BCUT2D eigenvalue weighted by Gasteiger charge is 2.18. The molecule has 0 amide bonds. The minimum atomic E-state index is -0.579. The van der Waals surface area contributed by atoms with Crippen LogP contribution >= 0.6 is 0 Å². The number of oxime groups is 1. The maximum absolute atomic E-state index is 11.2. The fraction of sp³-hybridized carbons (Fsp3) is 0.188. The highest BCUT2D eigenvalue weighted by Crippen LogP contribution is 2.33. The van der Waals surface area contributed by atoms with Crippen LogP contribution in [0.1, 0.15) is 11.1 Å². The Kier molecular flexibility index (Phi) is 6.04. The fourth-order valence-corrected chi connectivity index (χ4v) is 2.11. The standard InChI is InChI=1S/C16H15N3O7/c1-24-15-7-12(14(19(22)23)8-16(15)25-2)9-17-26-10-11-4-3-5-13(6-11)18(20)21/h3-9H,10H2,1-2H3/b17-9-. The molecular weight excluding hydrogens is 346 g/mol. The van der Waals surface area contributed by atoms with Gasteiger partial charge in [0.2, 0.25) is 0 Å². The Balaban J connectivity index is 2.16. The SMILES string of the molecule is COc1cc(/C=N\OCc2cccc([N+](=O)[O-])c2)c([N+](=O)[O-])cc1OC. The van der Waals surface area contributed by atoms with E-state index in [0.29, 0.717) is 11.3 Å². The predicted octanol–water partition coefficient (Wildman–Crippen LogP) is 3.07. The van der Waals surface area contributed by atoms with E-state index in [1.165, 1.54) is 44.6 Å². The van der Waals surface area contributed by atoms with Crippen LogP contribution < -0.4 is 9.47 Å². The second kappa shape index (κ2) is 8.42. The predicted molar refractivity (Wildman–Crippen MR) is 91.7 cm³/mol. The number of hydrogen-bond donors (Lipinski definition) is 0. The summed E-state index contributed by atoms with van der Waals surface area (Å²) in [4.78, 5) is 25.9. The lowest BCUT2D eigenvalue weighted by atomic mass is 10.1. The van der Waals surface area contributed by atoms with Crippen molar-refractivity contribution >= 4 is 17.6 Å². The first-order chi connectivity index (χ1) is 12.5. The zero-order chi connectivity index (χ0) is 19.1. The summed E-state index contributed by atoms with van der Waals surface area (Å²) >= 11 is 0. The molecule has 0 radical (unpaired) electrons. The Morgan fingerprint density at radius 2 is 1.73 bits per heavy atom. The molecule has 0 saturated heterocycles. The number of benzene rings is 2. The van der Waals surface area contributed by atoms with E-state index in [0.717, 1.165) is 6.21 Å². The van der Waals surface area contributed by atoms with Crippen LogP contribution in [-0.4, -0.2) is 30.3 Å². The van der Waals surface area contributed by atoms with Gasteiger partial charge in [0.25, 0.3) is 11.4 Å². The number of methoxy groups -OCH3 is 2. The van der Waals surface area contributed by atoms with E-state index >= 15 is 0 Å². The molecule has 0 aliphatic heterocycles. The molecule has 0 unspecified atom stereocenters. The van der Waals surface area contributed by atoms with Crippen LogP contribution in [0.15, 0.2) is 41.6 Å². The molecular formula is C16H15N3O7. The molecule has 0 N–H and O–H groups in total. The summed E-state index contributed by atoms with van der Waals surface area (Å²) in [5.74, 6) is 0.520.